The fraction of sp³-hybridized carbons (Fsp3) is 0.0741. The largest absolute Gasteiger partial charge is 1.00 e. The molecule has 0 atom stereocenters. The molecule has 4 aromatic carbocycles. The van der Waals surface area contributed by atoms with Crippen LogP contribution >= 0.6 is 0 Å². The molecular weight excluding hydrogens is 662 g/mol. The molecule has 0 heterocycles. The molecule has 0 radical (unpaired) electrons. The van der Waals surface area contributed by atoms with Gasteiger partial charge in [-0.15, -0.1) is 0 Å². The average Bonchev–Trinajstić information content (AvgIpc) is 2.99. The minimum absolute atomic E-state index is 0. The van der Waals surface area contributed by atoms with Crippen LogP contribution in [0.3, 0.4) is 0 Å². The number of ether oxygens (including phenoxy) is 2. The van der Waals surface area contributed by atoms with Crippen molar-refractivity contribution in [1.29, 1.82) is 0 Å². The molecule has 0 aliphatic heterocycles. The van der Waals surface area contributed by atoms with Crippen LogP contribution < -0.4 is 79.2 Å². The van der Waals surface area contributed by atoms with E-state index in [9.17, 15) is 30.7 Å². The first-order chi connectivity index (χ1) is 20.9. The molecular formula is C27H22N6Na2O9S2. The molecule has 4 rings (SSSR count). The van der Waals surface area contributed by atoms with Crippen LogP contribution in [0.1, 0.15) is 0 Å². The molecule has 4 aromatic rings. The van der Waals surface area contributed by atoms with Gasteiger partial charge in [-0.3, -0.25) is 0 Å². The summed E-state index contributed by atoms with van der Waals surface area (Å²) in [6.07, 6.45) is 0. The number of urea groups is 1. The van der Waals surface area contributed by atoms with Crippen LogP contribution in [0.2, 0.25) is 0 Å². The van der Waals surface area contributed by atoms with Crippen molar-refractivity contribution in [2.24, 2.45) is 20.5 Å². The number of hydrogen-bond acceptors (Lipinski definition) is 13. The number of carbonyl (C=O) groups is 1. The Kier molecular flexibility index (Phi) is 14.5. The topological polar surface area (TPSA) is 223 Å². The summed E-state index contributed by atoms with van der Waals surface area (Å²) in [7, 11) is -6.34. The third-order valence-corrected chi connectivity index (χ3v) is 7.38. The van der Waals surface area contributed by atoms with E-state index in [1.165, 1.54) is 50.6 Å². The van der Waals surface area contributed by atoms with Gasteiger partial charge in [-0.2, -0.15) is 20.5 Å². The van der Waals surface area contributed by atoms with Crippen molar-refractivity contribution in [2.45, 2.75) is 9.79 Å². The van der Waals surface area contributed by atoms with Crippen LogP contribution in [0.25, 0.3) is 0 Å². The number of amides is 2. The SMILES string of the molecule is COc1cc(N=Nc2ccc(S(=O)(=O)[O-])cc2)ccc1NC(=O)Nc1ccc(N=Nc2ccc(S(=O)(=O)[O-])cc2)cc1OC.[Na+].[Na+]. The summed E-state index contributed by atoms with van der Waals surface area (Å²) in [5, 5.41) is 21.5. The molecule has 15 nitrogen and oxygen atoms in total. The van der Waals surface area contributed by atoms with Gasteiger partial charge in [-0.1, -0.05) is 0 Å². The van der Waals surface area contributed by atoms with Crippen molar-refractivity contribution in [1.82, 2.24) is 0 Å². The third-order valence-electron chi connectivity index (χ3n) is 5.68. The Hall–Kier alpha value is -3.23. The number of rotatable bonds is 10. The number of azo groups is 2. The molecule has 0 aromatic heterocycles. The van der Waals surface area contributed by atoms with Crippen LogP contribution in [0.5, 0.6) is 11.5 Å². The normalized spacial score (nSPS) is 11.4. The van der Waals surface area contributed by atoms with Crippen molar-refractivity contribution in [3.05, 3.63) is 84.9 Å². The van der Waals surface area contributed by atoms with Gasteiger partial charge in [-0.25, -0.2) is 21.6 Å². The Morgan fingerprint density at radius 2 is 0.870 bits per heavy atom. The summed E-state index contributed by atoms with van der Waals surface area (Å²) < 4.78 is 77.0. The first kappa shape index (κ1) is 39.0. The van der Waals surface area contributed by atoms with E-state index in [0.29, 0.717) is 34.1 Å². The summed E-state index contributed by atoms with van der Waals surface area (Å²) in [6.45, 7) is 0. The Morgan fingerprint density at radius 1 is 0.565 bits per heavy atom. The van der Waals surface area contributed by atoms with Crippen LogP contribution in [0.4, 0.5) is 38.9 Å². The van der Waals surface area contributed by atoms with Gasteiger partial charge < -0.3 is 29.2 Å². The van der Waals surface area contributed by atoms with Crippen molar-refractivity contribution in [2.75, 3.05) is 24.9 Å². The van der Waals surface area contributed by atoms with Crippen LogP contribution in [-0.4, -0.2) is 46.2 Å². The number of methoxy groups -OCH3 is 2. The van der Waals surface area contributed by atoms with Crippen LogP contribution in [-0.2, 0) is 20.2 Å². The van der Waals surface area contributed by atoms with Gasteiger partial charge in [0, 0.05) is 12.1 Å². The smallest absolute Gasteiger partial charge is 0.744 e. The monoisotopic (exact) mass is 684 g/mol. The molecule has 0 unspecified atom stereocenters. The quantitative estimate of drug-likeness (QED) is 0.130. The fourth-order valence-electron chi connectivity index (χ4n) is 3.56. The molecule has 0 aliphatic rings. The van der Waals surface area contributed by atoms with E-state index in [0.717, 1.165) is 24.3 Å². The summed E-state index contributed by atoms with van der Waals surface area (Å²) in [5.74, 6) is 0.543. The van der Waals surface area contributed by atoms with E-state index in [1.807, 2.05) is 0 Å². The number of nitrogens with zero attached hydrogens (tertiary/aromatic N) is 4. The molecule has 228 valence electrons. The van der Waals surface area contributed by atoms with Gasteiger partial charge in [0.05, 0.1) is 58.1 Å². The van der Waals surface area contributed by atoms with Crippen LogP contribution in [0.15, 0.2) is 115 Å². The van der Waals surface area contributed by atoms with E-state index in [2.05, 4.69) is 31.1 Å². The molecule has 0 aliphatic carbocycles. The van der Waals surface area contributed by atoms with Crippen molar-refractivity contribution in [3.8, 4) is 11.5 Å². The predicted molar refractivity (Wildman–Crippen MR) is 156 cm³/mol. The Morgan fingerprint density at radius 3 is 1.17 bits per heavy atom. The van der Waals surface area contributed by atoms with E-state index >= 15 is 0 Å². The molecule has 0 spiro atoms. The van der Waals surface area contributed by atoms with Gasteiger partial charge >= 0.3 is 65.1 Å². The molecule has 0 bridgehead atoms. The minimum Gasteiger partial charge on any atom is -0.744 e. The summed E-state index contributed by atoms with van der Waals surface area (Å²) in [6, 6.07) is 18.5. The molecule has 2 N–H and O–H groups in total. The zero-order valence-corrected chi connectivity index (χ0v) is 30.5. The molecule has 0 saturated heterocycles. The first-order valence-electron chi connectivity index (χ1n) is 12.3. The molecule has 19 heteroatoms. The van der Waals surface area contributed by atoms with Crippen molar-refractivity contribution in [3.63, 3.8) is 0 Å². The Labute approximate surface area is 308 Å². The Balaban J connectivity index is 0.00000368. The van der Waals surface area contributed by atoms with E-state index < -0.39 is 26.3 Å². The molecule has 46 heavy (non-hydrogen) atoms. The number of anilines is 2. The van der Waals surface area contributed by atoms with Gasteiger partial charge in [0.1, 0.15) is 31.7 Å². The molecule has 0 saturated carbocycles. The average molecular weight is 685 g/mol. The van der Waals surface area contributed by atoms with Gasteiger partial charge in [0.2, 0.25) is 0 Å². The van der Waals surface area contributed by atoms with Crippen LogP contribution in [0, 0.1) is 0 Å². The fourth-order valence-corrected chi connectivity index (χ4v) is 4.50. The van der Waals surface area contributed by atoms with E-state index in [4.69, 9.17) is 9.47 Å². The molecule has 2 amide bonds. The second kappa shape index (κ2) is 17.1. The maximum atomic E-state index is 12.8. The minimum atomic E-state index is -4.57. The number of benzene rings is 4. The second-order valence-electron chi connectivity index (χ2n) is 8.64. The van der Waals surface area contributed by atoms with Crippen molar-refractivity contribution < 1.29 is 99.3 Å². The first-order valence-corrected chi connectivity index (χ1v) is 15.1. The second-order valence-corrected chi connectivity index (χ2v) is 11.4. The zero-order chi connectivity index (χ0) is 31.9. The van der Waals surface area contributed by atoms with Gasteiger partial charge in [0.15, 0.2) is 0 Å². The van der Waals surface area contributed by atoms with E-state index in [-0.39, 0.29) is 80.4 Å². The molecule has 0 fully saturated rings. The standard InChI is InChI=1S/C27H24N6O9S2.2Na/c1-41-25-15-19(32-30-17-3-9-21(10-4-17)43(35,36)37)7-13-23(25)28-27(34)29-24-14-8-20(16-26(24)42-2)33-31-18-5-11-22(12-6-18)44(38,39)40;;/h3-16H,1-2H3,(H2,28,29,34)(H,35,36,37)(H,38,39,40);;/q;2*+1/p-2. The van der Waals surface area contributed by atoms with E-state index in [1.54, 1.807) is 24.3 Å². The Bertz CT molecular complexity index is 1820. The zero-order valence-electron chi connectivity index (χ0n) is 24.9. The number of carbonyl (C=O) groups excluding carboxylic acids is 1. The maximum Gasteiger partial charge on any atom is 1.00 e. The summed E-state index contributed by atoms with van der Waals surface area (Å²) in [4.78, 5) is 12.0. The number of nitrogens with one attached hydrogen (secondary N) is 2. The maximum absolute atomic E-state index is 12.8. The van der Waals surface area contributed by atoms with Crippen molar-refractivity contribution >= 4 is 60.4 Å². The third kappa shape index (κ3) is 10.9. The van der Waals surface area contributed by atoms with Gasteiger partial charge in [0.25, 0.3) is 0 Å². The van der Waals surface area contributed by atoms with Gasteiger partial charge in [-0.05, 0) is 72.8 Å². The summed E-state index contributed by atoms with van der Waals surface area (Å²) in [5.41, 5.74) is 1.98. The predicted octanol–water partition coefficient (Wildman–Crippen LogP) is -0.00520. The number of hydrogen-bond donors (Lipinski definition) is 2. The summed E-state index contributed by atoms with van der Waals surface area (Å²) >= 11 is 0.